The van der Waals surface area contributed by atoms with Crippen molar-refractivity contribution in [1.82, 2.24) is 4.57 Å². The van der Waals surface area contributed by atoms with Crippen molar-refractivity contribution in [2.45, 2.75) is 20.8 Å². The van der Waals surface area contributed by atoms with Crippen LogP contribution in [-0.4, -0.2) is 37.8 Å². The average Bonchev–Trinajstić information content (AvgIpc) is 3.29. The summed E-state index contributed by atoms with van der Waals surface area (Å²) in [7, 11) is 4.32. The quantitative estimate of drug-likeness (QED) is 0.354. The van der Waals surface area contributed by atoms with Crippen molar-refractivity contribution in [3.05, 3.63) is 88.1 Å². The number of hydrogen-bond donors (Lipinski definition) is 0. The molecule has 186 valence electrons. The third-order valence-electron chi connectivity index (χ3n) is 6.27. The van der Waals surface area contributed by atoms with Gasteiger partial charge in [-0.25, -0.2) is 9.18 Å². The smallest absolute Gasteiger partial charge is 0.340 e. The van der Waals surface area contributed by atoms with Crippen LogP contribution in [0.1, 0.15) is 23.9 Å². The van der Waals surface area contributed by atoms with Crippen molar-refractivity contribution in [1.29, 1.82) is 0 Å². The van der Waals surface area contributed by atoms with Gasteiger partial charge in [-0.1, -0.05) is 0 Å². The van der Waals surface area contributed by atoms with Gasteiger partial charge in [-0.15, -0.1) is 0 Å². The molecule has 7 nitrogen and oxygen atoms in total. The van der Waals surface area contributed by atoms with E-state index in [1.165, 1.54) is 38.4 Å². The molecule has 0 spiro atoms. The summed E-state index contributed by atoms with van der Waals surface area (Å²) in [4.78, 5) is 28.0. The highest BCUT2D eigenvalue weighted by molar-refractivity contribution is 6.24. The van der Waals surface area contributed by atoms with Gasteiger partial charge in [-0.2, -0.15) is 0 Å². The first-order valence-corrected chi connectivity index (χ1v) is 11.2. The van der Waals surface area contributed by atoms with Gasteiger partial charge in [0.1, 0.15) is 5.82 Å². The normalized spacial score (nSPS) is 14.6. The molecule has 0 saturated carbocycles. The Labute approximate surface area is 209 Å². The zero-order valence-corrected chi connectivity index (χ0v) is 21.0. The molecular weight excluding hydrogens is 463 g/mol. The Morgan fingerprint density at radius 3 is 2.14 bits per heavy atom. The molecule has 3 aromatic rings. The molecule has 36 heavy (non-hydrogen) atoms. The van der Waals surface area contributed by atoms with Gasteiger partial charge in [-0.05, 0) is 74.9 Å². The van der Waals surface area contributed by atoms with Gasteiger partial charge in [-0.3, -0.25) is 9.69 Å². The monoisotopic (exact) mass is 490 g/mol. The molecule has 0 aliphatic carbocycles. The fraction of sp³-hybridized carbons (Fsp3) is 0.214. The maximum Gasteiger partial charge on any atom is 0.340 e. The summed E-state index contributed by atoms with van der Waals surface area (Å²) < 4.78 is 31.1. The first-order chi connectivity index (χ1) is 17.2. The minimum atomic E-state index is -0.609. The van der Waals surface area contributed by atoms with Crippen LogP contribution in [0.5, 0.6) is 11.5 Å². The first-order valence-electron chi connectivity index (χ1n) is 11.2. The van der Waals surface area contributed by atoms with E-state index in [-0.39, 0.29) is 22.9 Å². The van der Waals surface area contributed by atoms with E-state index in [0.717, 1.165) is 22.6 Å². The number of nitrogens with zero attached hydrogens (tertiary/aromatic N) is 2. The lowest BCUT2D eigenvalue weighted by Gasteiger charge is -2.19. The topological polar surface area (TPSA) is 70.0 Å². The van der Waals surface area contributed by atoms with Gasteiger partial charge in [0, 0.05) is 28.8 Å². The number of ether oxygens (including phenoxy) is 3. The Bertz CT molecular complexity index is 1420. The van der Waals surface area contributed by atoms with Gasteiger partial charge in [0.25, 0.3) is 5.91 Å². The number of benzene rings is 2. The van der Waals surface area contributed by atoms with Crippen molar-refractivity contribution >= 4 is 23.6 Å². The van der Waals surface area contributed by atoms with Crippen LogP contribution >= 0.6 is 0 Å². The number of amides is 1. The molecule has 2 aromatic carbocycles. The molecule has 1 amide bonds. The number of aromatic nitrogens is 1. The third-order valence-corrected chi connectivity index (χ3v) is 6.27. The van der Waals surface area contributed by atoms with Crippen LogP contribution in [0, 0.1) is 19.7 Å². The Morgan fingerprint density at radius 2 is 1.53 bits per heavy atom. The van der Waals surface area contributed by atoms with Gasteiger partial charge >= 0.3 is 5.97 Å². The van der Waals surface area contributed by atoms with Crippen LogP contribution < -0.4 is 14.4 Å². The van der Waals surface area contributed by atoms with Crippen LogP contribution in [0.4, 0.5) is 10.1 Å². The number of allylic oxidation sites excluding steroid dienone is 1. The Morgan fingerprint density at radius 1 is 0.889 bits per heavy atom. The van der Waals surface area contributed by atoms with Crippen molar-refractivity contribution in [2.75, 3.05) is 26.2 Å². The minimum Gasteiger partial charge on any atom is -0.493 e. The summed E-state index contributed by atoms with van der Waals surface area (Å²) in [6.45, 7) is 5.53. The molecule has 1 aliphatic rings. The number of carbonyl (C=O) groups excluding carboxylic acids is 2. The predicted octanol–water partition coefficient (Wildman–Crippen LogP) is 5.13. The van der Waals surface area contributed by atoms with E-state index < -0.39 is 5.97 Å². The summed E-state index contributed by atoms with van der Waals surface area (Å²) in [5, 5.41) is 0. The minimum absolute atomic E-state index is 0.184. The lowest BCUT2D eigenvalue weighted by Crippen LogP contribution is -2.24. The number of carbonyl (C=O) groups is 2. The highest BCUT2D eigenvalue weighted by Crippen LogP contribution is 2.39. The van der Waals surface area contributed by atoms with Gasteiger partial charge in [0.05, 0.1) is 38.2 Å². The standard InChI is InChI=1S/C28H27FN2O5/c1-16-13-19(17(2)30(16)21-9-7-20(29)8-10-21)14-23-26(28(33)36-6)18(3)31(27(23)32)22-11-12-24(34-4)25(15-22)35-5/h7-15H,1-6H3. The number of aryl methyl sites for hydroxylation is 1. The molecule has 1 aliphatic heterocycles. The van der Waals surface area contributed by atoms with Crippen LogP contribution in [0.25, 0.3) is 11.8 Å². The molecule has 1 aromatic heterocycles. The van der Waals surface area contributed by atoms with E-state index in [1.807, 2.05) is 24.5 Å². The number of rotatable bonds is 6. The van der Waals surface area contributed by atoms with Crippen molar-refractivity contribution in [3.8, 4) is 17.2 Å². The number of halogens is 1. The number of esters is 1. The van der Waals surface area contributed by atoms with Crippen LogP contribution in [0.2, 0.25) is 0 Å². The van der Waals surface area contributed by atoms with Crippen molar-refractivity contribution in [3.63, 3.8) is 0 Å². The van der Waals surface area contributed by atoms with Crippen molar-refractivity contribution < 1.29 is 28.2 Å². The van der Waals surface area contributed by atoms with E-state index >= 15 is 0 Å². The second-order valence-electron chi connectivity index (χ2n) is 8.33. The fourth-order valence-electron chi connectivity index (χ4n) is 4.53. The molecule has 0 bridgehead atoms. The van der Waals surface area contributed by atoms with E-state index in [4.69, 9.17) is 14.2 Å². The number of anilines is 1. The maximum atomic E-state index is 13.7. The predicted molar refractivity (Wildman–Crippen MR) is 135 cm³/mol. The molecule has 0 fully saturated rings. The average molecular weight is 491 g/mol. The fourth-order valence-corrected chi connectivity index (χ4v) is 4.53. The zero-order valence-electron chi connectivity index (χ0n) is 21.0. The second-order valence-corrected chi connectivity index (χ2v) is 8.33. The molecule has 0 N–H and O–H groups in total. The van der Waals surface area contributed by atoms with Crippen LogP contribution in [-0.2, 0) is 14.3 Å². The molecular formula is C28H27FN2O5. The van der Waals surface area contributed by atoms with E-state index in [9.17, 15) is 14.0 Å². The van der Waals surface area contributed by atoms with E-state index in [1.54, 1.807) is 43.3 Å². The van der Waals surface area contributed by atoms with Crippen LogP contribution in [0.15, 0.2) is 65.4 Å². The molecule has 8 heteroatoms. The molecule has 0 unspecified atom stereocenters. The summed E-state index contributed by atoms with van der Waals surface area (Å²) >= 11 is 0. The van der Waals surface area contributed by atoms with Gasteiger partial charge in [0.2, 0.25) is 0 Å². The number of methoxy groups -OCH3 is 3. The largest absolute Gasteiger partial charge is 0.493 e. The molecule has 0 atom stereocenters. The van der Waals surface area contributed by atoms with Crippen LogP contribution in [0.3, 0.4) is 0 Å². The third kappa shape index (κ3) is 4.15. The van der Waals surface area contributed by atoms with Crippen molar-refractivity contribution in [2.24, 2.45) is 0 Å². The molecule has 2 heterocycles. The first kappa shape index (κ1) is 24.8. The summed E-state index contributed by atoms with van der Waals surface area (Å²) in [6, 6.07) is 13.2. The summed E-state index contributed by atoms with van der Waals surface area (Å²) in [5.74, 6) is -0.324. The van der Waals surface area contributed by atoms with E-state index in [2.05, 4.69) is 0 Å². The molecule has 0 saturated heterocycles. The SMILES string of the molecule is COC(=O)C1=C(C)N(c2ccc(OC)c(OC)c2)C(=O)C1=Cc1cc(C)n(-c2ccc(F)cc2)c1C. The Kier molecular flexibility index (Phi) is 6.70. The Hall–Kier alpha value is -4.33. The highest BCUT2D eigenvalue weighted by Gasteiger charge is 2.38. The maximum absolute atomic E-state index is 13.7. The lowest BCUT2D eigenvalue weighted by molar-refractivity contribution is -0.136. The van der Waals surface area contributed by atoms with Gasteiger partial charge in [0.15, 0.2) is 11.5 Å². The number of hydrogen-bond acceptors (Lipinski definition) is 5. The zero-order chi connectivity index (χ0) is 26.1. The molecule has 0 radical (unpaired) electrons. The lowest BCUT2D eigenvalue weighted by atomic mass is 10.0. The van der Waals surface area contributed by atoms with Gasteiger partial charge < -0.3 is 18.8 Å². The second kappa shape index (κ2) is 9.73. The summed E-state index contributed by atoms with van der Waals surface area (Å²) in [6.07, 6.45) is 1.70. The molecule has 4 rings (SSSR count). The summed E-state index contributed by atoms with van der Waals surface area (Å²) in [5.41, 5.74) is 4.65. The van der Waals surface area contributed by atoms with E-state index in [0.29, 0.717) is 22.9 Å². The highest BCUT2D eigenvalue weighted by atomic mass is 19.1. The Balaban J connectivity index is 1.84.